The molecule has 0 N–H and O–H groups in total. The first kappa shape index (κ1) is 13.5. The maximum atomic E-state index is 13.4. The van der Waals surface area contributed by atoms with Crippen LogP contribution < -0.4 is 4.74 Å². The van der Waals surface area contributed by atoms with Crippen LogP contribution in [0.4, 0.5) is 4.39 Å². The fourth-order valence-electron chi connectivity index (χ4n) is 1.20. The van der Waals surface area contributed by atoms with Gasteiger partial charge in [-0.25, -0.2) is 14.4 Å². The lowest BCUT2D eigenvalue weighted by Crippen LogP contribution is -1.95. The molecule has 0 atom stereocenters. The van der Waals surface area contributed by atoms with Gasteiger partial charge in [-0.2, -0.15) is 0 Å². The van der Waals surface area contributed by atoms with Crippen LogP contribution >= 0.6 is 39.1 Å². The Morgan fingerprint density at radius 2 is 2.00 bits per heavy atom. The van der Waals surface area contributed by atoms with E-state index in [4.69, 9.17) is 27.9 Å². The normalized spacial score (nSPS) is 10.5. The zero-order valence-corrected chi connectivity index (χ0v) is 12.1. The first-order chi connectivity index (χ1) is 8.49. The third-order valence-electron chi connectivity index (χ3n) is 2.16. The van der Waals surface area contributed by atoms with Gasteiger partial charge in [-0.15, -0.1) is 0 Å². The third kappa shape index (κ3) is 2.74. The first-order valence-electron chi connectivity index (χ1n) is 4.78. The van der Waals surface area contributed by atoms with Gasteiger partial charge in [0.2, 0.25) is 5.88 Å². The number of ether oxygens (including phenoxy) is 1. The summed E-state index contributed by atoms with van der Waals surface area (Å²) in [6.45, 7) is 1.71. The summed E-state index contributed by atoms with van der Waals surface area (Å²) in [6, 6.07) is 2.58. The van der Waals surface area contributed by atoms with Crippen molar-refractivity contribution in [1.29, 1.82) is 0 Å². The lowest BCUT2D eigenvalue weighted by atomic mass is 10.3. The summed E-state index contributed by atoms with van der Waals surface area (Å²) >= 11 is 14.7. The van der Waals surface area contributed by atoms with Crippen molar-refractivity contribution in [3.63, 3.8) is 0 Å². The summed E-state index contributed by atoms with van der Waals surface area (Å²) < 4.78 is 19.3. The van der Waals surface area contributed by atoms with Crippen LogP contribution in [0.2, 0.25) is 10.2 Å². The second-order valence-corrected chi connectivity index (χ2v) is 5.01. The first-order valence-corrected chi connectivity index (χ1v) is 6.33. The van der Waals surface area contributed by atoms with Crippen LogP contribution in [0, 0.1) is 12.7 Å². The zero-order chi connectivity index (χ0) is 13.3. The van der Waals surface area contributed by atoms with Crippen LogP contribution in [-0.4, -0.2) is 9.97 Å². The van der Waals surface area contributed by atoms with Crippen LogP contribution in [-0.2, 0) is 0 Å². The molecule has 0 spiro atoms. The number of aromatic nitrogens is 2. The predicted molar refractivity (Wildman–Crippen MR) is 71.0 cm³/mol. The van der Waals surface area contributed by atoms with Gasteiger partial charge in [0.05, 0.1) is 9.50 Å². The van der Waals surface area contributed by atoms with E-state index in [1.165, 1.54) is 18.5 Å². The Kier molecular flexibility index (Phi) is 4.04. The highest BCUT2D eigenvalue weighted by molar-refractivity contribution is 9.10. The Morgan fingerprint density at radius 3 is 2.72 bits per heavy atom. The highest BCUT2D eigenvalue weighted by atomic mass is 79.9. The summed E-state index contributed by atoms with van der Waals surface area (Å²) in [4.78, 5) is 7.74. The molecule has 0 fully saturated rings. The molecule has 1 aromatic heterocycles. The Morgan fingerprint density at radius 1 is 1.28 bits per heavy atom. The van der Waals surface area contributed by atoms with Crippen molar-refractivity contribution < 1.29 is 9.13 Å². The number of hydrogen-bond donors (Lipinski definition) is 0. The molecule has 3 nitrogen and oxygen atoms in total. The zero-order valence-electron chi connectivity index (χ0n) is 9.05. The summed E-state index contributed by atoms with van der Waals surface area (Å²) in [7, 11) is 0. The van der Waals surface area contributed by atoms with E-state index >= 15 is 0 Å². The molecule has 18 heavy (non-hydrogen) atoms. The molecule has 1 aromatic carbocycles. The number of halogens is 4. The summed E-state index contributed by atoms with van der Waals surface area (Å²) in [5.41, 5.74) is 0.571. The largest absolute Gasteiger partial charge is 0.437 e. The summed E-state index contributed by atoms with van der Waals surface area (Å²) in [6.07, 6.45) is 1.27. The van der Waals surface area contributed by atoms with Crippen LogP contribution in [0.1, 0.15) is 5.56 Å². The smallest absolute Gasteiger partial charge is 0.226 e. The molecule has 7 heteroatoms. The SMILES string of the molecule is Cc1c(Cl)ncnc1Oc1cc(F)c(Cl)cc1Br. The van der Waals surface area contributed by atoms with Crippen molar-refractivity contribution >= 4 is 39.1 Å². The van der Waals surface area contributed by atoms with Gasteiger partial charge in [-0.05, 0) is 28.9 Å². The minimum absolute atomic E-state index is 0.00617. The van der Waals surface area contributed by atoms with Crippen molar-refractivity contribution in [1.82, 2.24) is 9.97 Å². The van der Waals surface area contributed by atoms with E-state index in [1.807, 2.05) is 0 Å². The molecule has 2 rings (SSSR count). The standard InChI is InChI=1S/C11H6BrCl2FN2O/c1-5-10(14)16-4-17-11(5)18-9-3-8(15)7(13)2-6(9)12/h2-4H,1H3. The molecular formula is C11H6BrCl2FN2O. The molecule has 2 aromatic rings. The maximum absolute atomic E-state index is 13.4. The van der Waals surface area contributed by atoms with Crippen molar-refractivity contribution in [3.8, 4) is 11.6 Å². The molecule has 94 valence electrons. The lowest BCUT2D eigenvalue weighted by molar-refractivity contribution is 0.450. The van der Waals surface area contributed by atoms with Gasteiger partial charge in [-0.1, -0.05) is 23.2 Å². The Bertz CT molecular complexity index is 610. The van der Waals surface area contributed by atoms with Gasteiger partial charge in [0.15, 0.2) is 0 Å². The van der Waals surface area contributed by atoms with Gasteiger partial charge < -0.3 is 4.74 Å². The highest BCUT2D eigenvalue weighted by Crippen LogP contribution is 2.34. The molecule has 1 heterocycles. The number of benzene rings is 1. The second-order valence-electron chi connectivity index (χ2n) is 3.39. The van der Waals surface area contributed by atoms with Gasteiger partial charge >= 0.3 is 0 Å². The van der Waals surface area contributed by atoms with E-state index in [1.54, 1.807) is 6.92 Å². The minimum atomic E-state index is -0.576. The lowest BCUT2D eigenvalue weighted by Gasteiger charge is -2.10. The van der Waals surface area contributed by atoms with Gasteiger partial charge in [0.1, 0.15) is 23.0 Å². The van der Waals surface area contributed by atoms with Gasteiger partial charge in [0, 0.05) is 11.6 Å². The summed E-state index contributed by atoms with van der Waals surface area (Å²) in [5.74, 6) is -0.0557. The Labute approximate surface area is 121 Å². The number of rotatable bonds is 2. The molecular weight excluding hydrogens is 346 g/mol. The maximum Gasteiger partial charge on any atom is 0.226 e. The quantitative estimate of drug-likeness (QED) is 0.576. The Hall–Kier alpha value is -0.910. The van der Waals surface area contributed by atoms with Crippen molar-refractivity contribution in [2.24, 2.45) is 0 Å². The van der Waals surface area contributed by atoms with Crippen LogP contribution in [0.3, 0.4) is 0 Å². The number of nitrogens with zero attached hydrogens (tertiary/aromatic N) is 2. The Balaban J connectivity index is 2.40. The van der Waals surface area contributed by atoms with Crippen LogP contribution in [0.15, 0.2) is 22.9 Å². The minimum Gasteiger partial charge on any atom is -0.437 e. The molecule has 0 aliphatic carbocycles. The van der Waals surface area contributed by atoms with E-state index in [2.05, 4.69) is 25.9 Å². The molecule has 0 aliphatic rings. The van der Waals surface area contributed by atoms with Crippen molar-refractivity contribution in [2.45, 2.75) is 6.92 Å². The van der Waals surface area contributed by atoms with Gasteiger partial charge in [-0.3, -0.25) is 0 Å². The van der Waals surface area contributed by atoms with E-state index in [0.29, 0.717) is 10.0 Å². The van der Waals surface area contributed by atoms with Crippen molar-refractivity contribution in [2.75, 3.05) is 0 Å². The number of hydrogen-bond acceptors (Lipinski definition) is 3. The van der Waals surface area contributed by atoms with E-state index in [-0.39, 0.29) is 21.8 Å². The van der Waals surface area contributed by atoms with E-state index in [9.17, 15) is 4.39 Å². The molecule has 0 saturated carbocycles. The molecule has 0 saturated heterocycles. The molecule has 0 bridgehead atoms. The van der Waals surface area contributed by atoms with Gasteiger partial charge in [0.25, 0.3) is 0 Å². The van der Waals surface area contributed by atoms with E-state index in [0.717, 1.165) is 0 Å². The monoisotopic (exact) mass is 350 g/mol. The second kappa shape index (κ2) is 5.38. The van der Waals surface area contributed by atoms with Crippen LogP contribution in [0.25, 0.3) is 0 Å². The predicted octanol–water partition coefficient (Wildman–Crippen LogP) is 4.79. The van der Waals surface area contributed by atoms with E-state index < -0.39 is 5.82 Å². The van der Waals surface area contributed by atoms with Crippen LogP contribution in [0.5, 0.6) is 11.6 Å². The van der Waals surface area contributed by atoms with Crippen molar-refractivity contribution in [3.05, 3.63) is 44.5 Å². The molecule has 0 radical (unpaired) electrons. The summed E-state index contributed by atoms with van der Waals surface area (Å²) in [5, 5.41) is 0.289. The highest BCUT2D eigenvalue weighted by Gasteiger charge is 2.12. The molecule has 0 aliphatic heterocycles. The fraction of sp³-hybridized carbons (Fsp3) is 0.0909. The topological polar surface area (TPSA) is 35.0 Å². The molecule has 0 amide bonds. The average Bonchev–Trinajstić information content (AvgIpc) is 2.32. The average molecular weight is 352 g/mol. The molecule has 0 unspecified atom stereocenters. The third-order valence-corrected chi connectivity index (χ3v) is 3.45. The fourth-order valence-corrected chi connectivity index (χ4v) is 2.05.